The number of hydrogen-bond donors (Lipinski definition) is 0. The van der Waals surface area contributed by atoms with E-state index in [1.54, 1.807) is 38.1 Å². The number of halogens is 1. The zero-order chi connectivity index (χ0) is 22.8. The van der Waals surface area contributed by atoms with Crippen molar-refractivity contribution < 1.29 is 9.47 Å². The van der Waals surface area contributed by atoms with Gasteiger partial charge in [0.05, 0.1) is 31.5 Å². The zero-order valence-electron chi connectivity index (χ0n) is 19.0. The Morgan fingerprint density at radius 2 is 1.33 bits per heavy atom. The monoisotopic (exact) mass is 573 g/mol. The molecule has 0 aromatic heterocycles. The lowest BCUT2D eigenvalue weighted by Crippen LogP contribution is -2.28. The number of amidine groups is 1. The fraction of sp³-hybridized carbons (Fsp3) is 0.231. The summed E-state index contributed by atoms with van der Waals surface area (Å²) in [5.74, 6) is 2.58. The van der Waals surface area contributed by atoms with Crippen LogP contribution in [0.3, 0.4) is 0 Å². The predicted octanol–water partition coefficient (Wildman–Crippen LogP) is 6.64. The van der Waals surface area contributed by atoms with E-state index in [-0.39, 0.29) is 24.0 Å². The highest BCUT2D eigenvalue weighted by molar-refractivity contribution is 14.0. The van der Waals surface area contributed by atoms with Crippen LogP contribution in [0, 0.1) is 11.3 Å². The highest BCUT2D eigenvalue weighted by Crippen LogP contribution is 2.23. The number of benzene rings is 3. The van der Waals surface area contributed by atoms with Gasteiger partial charge in [-0.2, -0.15) is 5.26 Å². The van der Waals surface area contributed by atoms with Crippen LogP contribution in [0.25, 0.3) is 0 Å². The molecule has 3 aromatic rings. The highest BCUT2D eigenvalue weighted by Gasteiger charge is 2.14. The van der Waals surface area contributed by atoms with Gasteiger partial charge in [0.2, 0.25) is 0 Å². The van der Waals surface area contributed by atoms with Crippen molar-refractivity contribution in [2.75, 3.05) is 20.0 Å². The molecule has 7 heteroatoms. The van der Waals surface area contributed by atoms with E-state index >= 15 is 0 Å². The molecule has 3 rings (SSSR count). The van der Waals surface area contributed by atoms with Crippen molar-refractivity contribution in [3.8, 4) is 17.6 Å². The molecule has 0 fully saturated rings. The minimum Gasteiger partial charge on any atom is -0.497 e. The van der Waals surface area contributed by atoms with Crippen LogP contribution in [0.1, 0.15) is 23.6 Å². The quantitative estimate of drug-likeness (QED) is 0.172. The molecule has 0 unspecified atom stereocenters. The maximum absolute atomic E-state index is 9.07. The Balaban J connectivity index is 0.00000385. The van der Waals surface area contributed by atoms with Crippen molar-refractivity contribution >= 4 is 46.6 Å². The van der Waals surface area contributed by atoms with Gasteiger partial charge in [-0.1, -0.05) is 43.0 Å². The first-order valence-corrected chi connectivity index (χ1v) is 11.4. The third-order valence-corrected chi connectivity index (χ3v) is 5.73. The fourth-order valence-corrected chi connectivity index (χ4v) is 3.88. The molecule has 0 saturated carbocycles. The molecule has 172 valence electrons. The predicted molar refractivity (Wildman–Crippen MR) is 147 cm³/mol. The lowest BCUT2D eigenvalue weighted by molar-refractivity contribution is 0.405. The SMILES string of the molecule is CCSC(=Nc1ccc(C#N)cc1)N(Cc1ccc(OC)cc1)Cc1ccc(OC)cc1.I. The Hall–Kier alpha value is -2.70. The molecule has 0 saturated heterocycles. The lowest BCUT2D eigenvalue weighted by Gasteiger charge is -2.26. The van der Waals surface area contributed by atoms with E-state index in [1.165, 1.54) is 11.1 Å². The van der Waals surface area contributed by atoms with E-state index < -0.39 is 0 Å². The van der Waals surface area contributed by atoms with E-state index in [2.05, 4.69) is 42.2 Å². The van der Waals surface area contributed by atoms with Crippen molar-refractivity contribution in [1.29, 1.82) is 5.26 Å². The van der Waals surface area contributed by atoms with Gasteiger partial charge in [0, 0.05) is 13.1 Å². The second-order valence-electron chi connectivity index (χ2n) is 7.04. The number of aliphatic imine (C=N–C) groups is 1. The van der Waals surface area contributed by atoms with Crippen molar-refractivity contribution in [2.45, 2.75) is 20.0 Å². The van der Waals surface area contributed by atoms with Crippen LogP contribution in [0.5, 0.6) is 11.5 Å². The molecule has 0 aliphatic rings. The zero-order valence-corrected chi connectivity index (χ0v) is 22.2. The molecule has 0 radical (unpaired) electrons. The standard InChI is InChI=1S/C26H27N3O2S.HI/c1-4-32-26(28-23-11-5-20(17-27)6-12-23)29(18-21-7-13-24(30-2)14-8-21)19-22-9-15-25(31-3)16-10-22;/h5-16H,4,18-19H2,1-3H3;1H. The van der Waals surface area contributed by atoms with Crippen LogP contribution >= 0.6 is 35.7 Å². The first kappa shape index (κ1) is 26.6. The Morgan fingerprint density at radius 3 is 1.73 bits per heavy atom. The molecule has 0 aliphatic heterocycles. The van der Waals surface area contributed by atoms with Crippen LogP contribution in [-0.2, 0) is 13.1 Å². The molecule has 0 aliphatic carbocycles. The molecule has 0 spiro atoms. The lowest BCUT2D eigenvalue weighted by atomic mass is 10.1. The smallest absolute Gasteiger partial charge is 0.164 e. The molecule has 0 amide bonds. The van der Waals surface area contributed by atoms with E-state index in [0.717, 1.165) is 28.1 Å². The van der Waals surface area contributed by atoms with Gasteiger partial charge in [0.1, 0.15) is 11.5 Å². The largest absolute Gasteiger partial charge is 0.497 e. The van der Waals surface area contributed by atoms with Crippen LogP contribution in [0.2, 0.25) is 0 Å². The summed E-state index contributed by atoms with van der Waals surface area (Å²) in [6.07, 6.45) is 0. The van der Waals surface area contributed by atoms with E-state index in [1.807, 2.05) is 36.4 Å². The number of ether oxygens (including phenoxy) is 2. The highest BCUT2D eigenvalue weighted by atomic mass is 127. The topological polar surface area (TPSA) is 57.9 Å². The average molecular weight is 574 g/mol. The summed E-state index contributed by atoms with van der Waals surface area (Å²) in [7, 11) is 3.34. The molecule has 3 aromatic carbocycles. The molecule has 0 bridgehead atoms. The van der Waals surface area contributed by atoms with Crippen molar-refractivity contribution in [3.05, 3.63) is 89.5 Å². The second kappa shape index (κ2) is 13.8. The number of nitriles is 1. The van der Waals surface area contributed by atoms with E-state index in [9.17, 15) is 0 Å². The number of thioether (sulfide) groups is 1. The van der Waals surface area contributed by atoms with E-state index in [0.29, 0.717) is 18.7 Å². The maximum atomic E-state index is 9.07. The number of hydrogen-bond acceptors (Lipinski definition) is 5. The summed E-state index contributed by atoms with van der Waals surface area (Å²) in [4.78, 5) is 7.20. The van der Waals surface area contributed by atoms with Gasteiger partial charge in [0.25, 0.3) is 0 Å². The molecule has 5 nitrogen and oxygen atoms in total. The average Bonchev–Trinajstić information content (AvgIpc) is 2.84. The third kappa shape index (κ3) is 7.98. The van der Waals surface area contributed by atoms with Gasteiger partial charge in [0.15, 0.2) is 5.17 Å². The first-order chi connectivity index (χ1) is 15.6. The fourth-order valence-electron chi connectivity index (χ4n) is 3.14. The van der Waals surface area contributed by atoms with E-state index in [4.69, 9.17) is 19.7 Å². The van der Waals surface area contributed by atoms with Crippen LogP contribution in [-0.4, -0.2) is 30.0 Å². The Kier molecular flexibility index (Phi) is 11.1. The van der Waals surface area contributed by atoms with Crippen molar-refractivity contribution in [3.63, 3.8) is 0 Å². The summed E-state index contributed by atoms with van der Waals surface area (Å²) in [5, 5.41) is 10.0. The van der Waals surface area contributed by atoms with Gasteiger partial charge in [-0.3, -0.25) is 0 Å². The minimum absolute atomic E-state index is 0. The number of methoxy groups -OCH3 is 2. The van der Waals surface area contributed by atoms with Crippen LogP contribution in [0.4, 0.5) is 5.69 Å². The molecule has 0 N–H and O–H groups in total. The second-order valence-corrected chi connectivity index (χ2v) is 8.27. The van der Waals surface area contributed by atoms with Crippen LogP contribution < -0.4 is 9.47 Å². The van der Waals surface area contributed by atoms with Gasteiger partial charge in [-0.15, -0.1) is 24.0 Å². The maximum Gasteiger partial charge on any atom is 0.164 e. The van der Waals surface area contributed by atoms with Gasteiger partial charge in [-0.05, 0) is 65.4 Å². The van der Waals surface area contributed by atoms with Crippen molar-refractivity contribution in [2.24, 2.45) is 4.99 Å². The molecular formula is C26H28IN3O2S. The Labute approximate surface area is 217 Å². The molecule has 0 atom stereocenters. The first-order valence-electron chi connectivity index (χ1n) is 10.4. The third-order valence-electron chi connectivity index (χ3n) is 4.83. The van der Waals surface area contributed by atoms with Gasteiger partial charge >= 0.3 is 0 Å². The molecule has 33 heavy (non-hydrogen) atoms. The summed E-state index contributed by atoms with van der Waals surface area (Å²) < 4.78 is 10.6. The number of rotatable bonds is 8. The summed E-state index contributed by atoms with van der Waals surface area (Å²) >= 11 is 1.70. The van der Waals surface area contributed by atoms with Gasteiger partial charge < -0.3 is 14.4 Å². The van der Waals surface area contributed by atoms with Crippen molar-refractivity contribution in [1.82, 2.24) is 4.90 Å². The van der Waals surface area contributed by atoms with Crippen LogP contribution in [0.15, 0.2) is 77.8 Å². The molecule has 0 heterocycles. The summed E-state index contributed by atoms with van der Waals surface area (Å²) in [6.45, 7) is 3.54. The Morgan fingerprint density at radius 1 is 0.848 bits per heavy atom. The molecular weight excluding hydrogens is 545 g/mol. The summed E-state index contributed by atoms with van der Waals surface area (Å²) in [6, 6.07) is 25.7. The Bertz CT molecular complexity index is 1010. The summed E-state index contributed by atoms with van der Waals surface area (Å²) in [5.41, 5.74) is 3.79. The number of nitrogens with zero attached hydrogens (tertiary/aromatic N) is 3. The van der Waals surface area contributed by atoms with Gasteiger partial charge in [-0.25, -0.2) is 4.99 Å². The minimum atomic E-state index is 0. The normalized spacial score (nSPS) is 10.7.